The fourth-order valence-corrected chi connectivity index (χ4v) is 3.22. The Labute approximate surface area is 143 Å². The fourth-order valence-electron chi connectivity index (χ4n) is 3.22. The van der Waals surface area contributed by atoms with E-state index in [1.54, 1.807) is 38.1 Å². The molecule has 1 aromatic rings. The van der Waals surface area contributed by atoms with Gasteiger partial charge in [-0.25, -0.2) is 0 Å². The SMILES string of the molecule is CCN(CC)C(C)OC(CC)(C(=O)[O-])C1(C)Oc2ccccc2O1. The minimum absolute atomic E-state index is 0.144. The highest BCUT2D eigenvalue weighted by molar-refractivity contribution is 5.77. The second-order valence-corrected chi connectivity index (χ2v) is 6.00. The van der Waals surface area contributed by atoms with Crippen molar-refractivity contribution in [3.63, 3.8) is 0 Å². The molecule has 2 rings (SSSR count). The summed E-state index contributed by atoms with van der Waals surface area (Å²) in [4.78, 5) is 14.1. The number of carbonyl (C=O) groups excluding carboxylic acids is 1. The molecule has 0 saturated heterocycles. The largest absolute Gasteiger partial charge is 0.547 e. The van der Waals surface area contributed by atoms with Gasteiger partial charge in [-0.15, -0.1) is 0 Å². The maximum atomic E-state index is 12.1. The molecule has 0 aliphatic carbocycles. The van der Waals surface area contributed by atoms with Gasteiger partial charge in [0.25, 0.3) is 5.79 Å². The van der Waals surface area contributed by atoms with Crippen LogP contribution in [0.15, 0.2) is 24.3 Å². The van der Waals surface area contributed by atoms with Crippen molar-refractivity contribution in [3.8, 4) is 11.5 Å². The van der Waals surface area contributed by atoms with Crippen LogP contribution in [0.25, 0.3) is 0 Å². The van der Waals surface area contributed by atoms with Crippen LogP contribution in [0.3, 0.4) is 0 Å². The number of aliphatic carboxylic acids is 1. The molecular formula is C18H26NO5-. The Morgan fingerprint density at radius 2 is 1.75 bits per heavy atom. The van der Waals surface area contributed by atoms with Gasteiger partial charge in [-0.3, -0.25) is 4.90 Å². The molecule has 1 aliphatic heterocycles. The van der Waals surface area contributed by atoms with Gasteiger partial charge in [0.05, 0.1) is 5.97 Å². The van der Waals surface area contributed by atoms with Gasteiger partial charge in [-0.1, -0.05) is 32.9 Å². The quantitative estimate of drug-likeness (QED) is 0.674. The Bertz CT molecular complexity index is 562. The van der Waals surface area contributed by atoms with Crippen LogP contribution in [-0.2, 0) is 9.53 Å². The molecule has 134 valence electrons. The van der Waals surface area contributed by atoms with Crippen LogP contribution in [0.2, 0.25) is 0 Å². The van der Waals surface area contributed by atoms with Crippen molar-refractivity contribution in [2.24, 2.45) is 0 Å². The molecule has 0 N–H and O–H groups in total. The Morgan fingerprint density at radius 3 is 2.12 bits per heavy atom. The number of hydrogen-bond acceptors (Lipinski definition) is 6. The van der Waals surface area contributed by atoms with E-state index in [2.05, 4.69) is 0 Å². The van der Waals surface area contributed by atoms with E-state index in [4.69, 9.17) is 14.2 Å². The minimum Gasteiger partial charge on any atom is -0.547 e. The van der Waals surface area contributed by atoms with Gasteiger partial charge in [0, 0.05) is 6.92 Å². The van der Waals surface area contributed by atoms with E-state index in [-0.39, 0.29) is 6.42 Å². The Balaban J connectivity index is 2.37. The molecule has 0 spiro atoms. The van der Waals surface area contributed by atoms with Crippen LogP contribution in [-0.4, -0.2) is 41.6 Å². The number of nitrogens with zero attached hydrogens (tertiary/aromatic N) is 1. The zero-order chi connectivity index (χ0) is 18.0. The maximum Gasteiger partial charge on any atom is 0.283 e. The van der Waals surface area contributed by atoms with Gasteiger partial charge < -0.3 is 24.1 Å². The summed E-state index contributed by atoms with van der Waals surface area (Å²) < 4.78 is 17.8. The number of carbonyl (C=O) groups is 1. The van der Waals surface area contributed by atoms with Crippen molar-refractivity contribution in [3.05, 3.63) is 24.3 Å². The molecule has 2 atom stereocenters. The van der Waals surface area contributed by atoms with E-state index in [0.29, 0.717) is 11.5 Å². The summed E-state index contributed by atoms with van der Waals surface area (Å²) in [5.41, 5.74) is -1.74. The van der Waals surface area contributed by atoms with Gasteiger partial charge in [-0.05, 0) is 38.6 Å². The zero-order valence-electron chi connectivity index (χ0n) is 15.0. The van der Waals surface area contributed by atoms with Crippen LogP contribution >= 0.6 is 0 Å². The maximum absolute atomic E-state index is 12.1. The molecule has 0 saturated carbocycles. The average Bonchev–Trinajstić information content (AvgIpc) is 2.90. The number of para-hydroxylation sites is 2. The fraction of sp³-hybridized carbons (Fsp3) is 0.611. The molecule has 1 aliphatic rings. The lowest BCUT2D eigenvalue weighted by atomic mass is 9.90. The normalized spacial score (nSPS) is 19.1. The highest BCUT2D eigenvalue weighted by atomic mass is 16.8. The van der Waals surface area contributed by atoms with E-state index < -0.39 is 23.6 Å². The van der Waals surface area contributed by atoms with Crippen LogP contribution in [0.5, 0.6) is 11.5 Å². The van der Waals surface area contributed by atoms with E-state index >= 15 is 0 Å². The number of carboxylic acid groups (broad SMARTS) is 1. The topological polar surface area (TPSA) is 71.1 Å². The summed E-state index contributed by atoms with van der Waals surface area (Å²) in [5.74, 6) is -1.86. The monoisotopic (exact) mass is 336 g/mol. The molecule has 0 aromatic heterocycles. The number of hydrogen-bond donors (Lipinski definition) is 0. The first-order valence-electron chi connectivity index (χ1n) is 8.43. The first-order valence-corrected chi connectivity index (χ1v) is 8.43. The number of ether oxygens (including phenoxy) is 3. The van der Waals surface area contributed by atoms with Gasteiger partial charge in [0.2, 0.25) is 0 Å². The van der Waals surface area contributed by atoms with Crippen LogP contribution in [0.1, 0.15) is 41.0 Å². The Morgan fingerprint density at radius 1 is 1.25 bits per heavy atom. The second-order valence-electron chi connectivity index (χ2n) is 6.00. The van der Waals surface area contributed by atoms with E-state index in [9.17, 15) is 9.90 Å². The van der Waals surface area contributed by atoms with Gasteiger partial charge >= 0.3 is 0 Å². The molecular weight excluding hydrogens is 310 g/mol. The zero-order valence-corrected chi connectivity index (χ0v) is 15.0. The highest BCUT2D eigenvalue weighted by Gasteiger charge is 2.58. The lowest BCUT2D eigenvalue weighted by molar-refractivity contribution is -0.358. The average molecular weight is 336 g/mol. The summed E-state index contributed by atoms with van der Waals surface area (Å²) >= 11 is 0. The molecule has 0 bridgehead atoms. The predicted molar refractivity (Wildman–Crippen MR) is 87.6 cm³/mol. The molecule has 6 nitrogen and oxygen atoms in total. The molecule has 2 unspecified atom stereocenters. The second kappa shape index (κ2) is 6.99. The first kappa shape index (κ1) is 18.5. The summed E-state index contributed by atoms with van der Waals surface area (Å²) in [5, 5.41) is 12.1. The van der Waals surface area contributed by atoms with Crippen molar-refractivity contribution in [1.82, 2.24) is 4.90 Å². The highest BCUT2D eigenvalue weighted by Crippen LogP contribution is 2.46. The molecule has 1 aromatic carbocycles. The molecule has 0 amide bonds. The third-order valence-corrected chi connectivity index (χ3v) is 4.72. The van der Waals surface area contributed by atoms with Crippen molar-refractivity contribution in [2.45, 2.75) is 58.7 Å². The van der Waals surface area contributed by atoms with Crippen molar-refractivity contribution in [1.29, 1.82) is 0 Å². The molecule has 24 heavy (non-hydrogen) atoms. The third-order valence-electron chi connectivity index (χ3n) is 4.72. The summed E-state index contributed by atoms with van der Waals surface area (Å²) in [7, 11) is 0. The lowest BCUT2D eigenvalue weighted by Gasteiger charge is -2.46. The number of rotatable bonds is 8. The van der Waals surface area contributed by atoms with Gasteiger partial charge in [0.1, 0.15) is 6.23 Å². The van der Waals surface area contributed by atoms with Crippen molar-refractivity contribution in [2.75, 3.05) is 13.1 Å². The Kier molecular flexibility index (Phi) is 5.40. The number of carboxylic acids is 1. The van der Waals surface area contributed by atoms with Crippen molar-refractivity contribution < 1.29 is 24.1 Å². The molecule has 0 fully saturated rings. The van der Waals surface area contributed by atoms with Gasteiger partial charge in [0.15, 0.2) is 17.1 Å². The standard InChI is InChI=1S/C18H27NO5/c1-6-18(16(20)21,22-13(4)19(7-2)8-3)17(5)23-14-11-9-10-12-15(14)24-17/h9-13H,6-8H2,1-5H3,(H,20,21)/p-1. The smallest absolute Gasteiger partial charge is 0.283 e. The van der Waals surface area contributed by atoms with E-state index in [1.807, 2.05) is 25.7 Å². The number of benzene rings is 1. The van der Waals surface area contributed by atoms with E-state index in [1.165, 1.54) is 0 Å². The number of fused-ring (bicyclic) bond motifs is 1. The lowest BCUT2D eigenvalue weighted by Crippen LogP contribution is -2.69. The first-order chi connectivity index (χ1) is 11.3. The third kappa shape index (κ3) is 2.96. The van der Waals surface area contributed by atoms with Crippen LogP contribution < -0.4 is 14.6 Å². The summed E-state index contributed by atoms with van der Waals surface area (Å²) in [6.45, 7) is 10.6. The Hall–Kier alpha value is -1.79. The summed E-state index contributed by atoms with van der Waals surface area (Å²) in [6.07, 6.45) is -0.281. The molecule has 1 heterocycles. The van der Waals surface area contributed by atoms with Crippen LogP contribution in [0.4, 0.5) is 0 Å². The minimum atomic E-state index is -1.74. The van der Waals surface area contributed by atoms with Gasteiger partial charge in [-0.2, -0.15) is 0 Å². The predicted octanol–water partition coefficient (Wildman–Crippen LogP) is 1.78. The summed E-state index contributed by atoms with van der Waals surface area (Å²) in [6, 6.07) is 7.09. The van der Waals surface area contributed by atoms with E-state index in [0.717, 1.165) is 13.1 Å². The molecule has 6 heteroatoms. The van der Waals surface area contributed by atoms with Crippen molar-refractivity contribution >= 4 is 5.97 Å². The van der Waals surface area contributed by atoms with Crippen LogP contribution in [0, 0.1) is 0 Å². The molecule has 0 radical (unpaired) electrons.